The lowest BCUT2D eigenvalue weighted by Crippen LogP contribution is -1.91. The average Bonchev–Trinajstić information content (AvgIpc) is 3.25. The van der Waals surface area contributed by atoms with Crippen LogP contribution in [0.4, 0.5) is 0 Å². The van der Waals surface area contributed by atoms with E-state index in [1.807, 2.05) is 18.5 Å². The number of pyridine rings is 2. The van der Waals surface area contributed by atoms with Crippen LogP contribution in [0.25, 0.3) is 76.7 Å². The molecule has 2 heteroatoms. The van der Waals surface area contributed by atoms with Gasteiger partial charge in [0.05, 0.1) is 11.4 Å². The van der Waals surface area contributed by atoms with Gasteiger partial charge in [-0.25, -0.2) is 0 Å². The Morgan fingerprint density at radius 3 is 2.25 bits per heavy atom. The third-order valence-electron chi connectivity index (χ3n) is 7.86. The van der Waals surface area contributed by atoms with Gasteiger partial charge in [0.15, 0.2) is 0 Å². The molecule has 2 aromatic heterocycles. The van der Waals surface area contributed by atoms with Crippen LogP contribution in [0.2, 0.25) is 0 Å². The maximum absolute atomic E-state index is 4.93. The highest BCUT2D eigenvalue weighted by atomic mass is 14.7. The summed E-state index contributed by atoms with van der Waals surface area (Å²) < 4.78 is 0. The second-order valence-electron chi connectivity index (χ2n) is 9.95. The Kier molecular flexibility index (Phi) is 3.83. The van der Waals surface area contributed by atoms with Crippen LogP contribution in [-0.4, -0.2) is 9.97 Å². The summed E-state index contributed by atoms with van der Waals surface area (Å²) in [6.07, 6.45) is 3.84. The second-order valence-corrected chi connectivity index (χ2v) is 9.95. The van der Waals surface area contributed by atoms with Gasteiger partial charge in [-0.15, -0.1) is 0 Å². The van der Waals surface area contributed by atoms with E-state index < -0.39 is 0 Å². The molecule has 168 valence electrons. The lowest BCUT2D eigenvalue weighted by Gasteiger charge is -2.16. The van der Waals surface area contributed by atoms with Crippen molar-refractivity contribution < 1.29 is 0 Å². The van der Waals surface area contributed by atoms with Crippen molar-refractivity contribution in [2.24, 2.45) is 0 Å². The fraction of sp³-hybridized carbons (Fsp3) is 0.0588. The number of benzene rings is 5. The SMILES string of the molecule is Cc1ccc2c(c1)c(-c1nccc3ccccc13)cc1c3ccc(C)c4c3c(cc21)-c1ncccc1-4. The molecule has 2 nitrogen and oxygen atoms in total. The molecule has 36 heavy (non-hydrogen) atoms. The Labute approximate surface area is 208 Å². The van der Waals surface area contributed by atoms with Crippen molar-refractivity contribution in [3.05, 3.63) is 108 Å². The summed E-state index contributed by atoms with van der Waals surface area (Å²) in [5.74, 6) is 0. The van der Waals surface area contributed by atoms with Crippen molar-refractivity contribution in [1.82, 2.24) is 9.97 Å². The van der Waals surface area contributed by atoms with Crippen molar-refractivity contribution in [2.75, 3.05) is 0 Å². The minimum atomic E-state index is 1.04. The van der Waals surface area contributed by atoms with E-state index in [0.717, 1.165) is 11.4 Å². The molecule has 0 amide bonds. The van der Waals surface area contributed by atoms with Gasteiger partial charge in [-0.2, -0.15) is 0 Å². The number of aryl methyl sites for hydroxylation is 2. The van der Waals surface area contributed by atoms with Gasteiger partial charge in [-0.3, -0.25) is 9.97 Å². The van der Waals surface area contributed by atoms with Crippen molar-refractivity contribution in [3.63, 3.8) is 0 Å². The zero-order valence-corrected chi connectivity index (χ0v) is 20.1. The lowest BCUT2D eigenvalue weighted by molar-refractivity contribution is 1.34. The van der Waals surface area contributed by atoms with E-state index in [2.05, 4.69) is 92.7 Å². The summed E-state index contributed by atoms with van der Waals surface area (Å²) in [5.41, 5.74) is 9.65. The van der Waals surface area contributed by atoms with E-state index in [0.29, 0.717) is 0 Å². The molecule has 0 spiro atoms. The third-order valence-corrected chi connectivity index (χ3v) is 7.86. The van der Waals surface area contributed by atoms with Crippen LogP contribution in [0.3, 0.4) is 0 Å². The molecule has 0 bridgehead atoms. The Hall–Kier alpha value is -4.56. The van der Waals surface area contributed by atoms with Crippen LogP contribution in [0, 0.1) is 13.8 Å². The van der Waals surface area contributed by atoms with Gasteiger partial charge in [0.2, 0.25) is 0 Å². The van der Waals surface area contributed by atoms with E-state index in [-0.39, 0.29) is 0 Å². The summed E-state index contributed by atoms with van der Waals surface area (Å²) in [7, 11) is 0. The summed E-state index contributed by atoms with van der Waals surface area (Å²) >= 11 is 0. The van der Waals surface area contributed by atoms with E-state index in [1.54, 1.807) is 0 Å². The topological polar surface area (TPSA) is 25.8 Å². The van der Waals surface area contributed by atoms with E-state index in [1.165, 1.54) is 76.5 Å². The van der Waals surface area contributed by atoms with Crippen LogP contribution in [0.5, 0.6) is 0 Å². The molecular weight excluding hydrogens is 436 g/mol. The molecule has 0 unspecified atom stereocenters. The fourth-order valence-corrected chi connectivity index (χ4v) is 6.25. The lowest BCUT2D eigenvalue weighted by atomic mass is 9.88. The molecule has 0 saturated carbocycles. The van der Waals surface area contributed by atoms with Crippen LogP contribution in [-0.2, 0) is 0 Å². The maximum atomic E-state index is 4.93. The Morgan fingerprint density at radius 2 is 1.31 bits per heavy atom. The number of hydrogen-bond donors (Lipinski definition) is 0. The molecule has 0 radical (unpaired) electrons. The van der Waals surface area contributed by atoms with Crippen molar-refractivity contribution in [1.29, 1.82) is 0 Å². The summed E-state index contributed by atoms with van der Waals surface area (Å²) in [4.78, 5) is 9.76. The second kappa shape index (κ2) is 6.99. The molecule has 0 N–H and O–H groups in total. The molecule has 1 aliphatic rings. The van der Waals surface area contributed by atoms with Gasteiger partial charge in [0.25, 0.3) is 0 Å². The maximum Gasteiger partial charge on any atom is 0.0787 e. The highest BCUT2D eigenvalue weighted by Crippen LogP contribution is 2.51. The monoisotopic (exact) mass is 458 g/mol. The van der Waals surface area contributed by atoms with Crippen LogP contribution < -0.4 is 0 Å². The van der Waals surface area contributed by atoms with Crippen molar-refractivity contribution in [3.8, 4) is 33.6 Å². The molecule has 8 rings (SSSR count). The summed E-state index contributed by atoms with van der Waals surface area (Å²) in [5, 5.41) is 10.0. The van der Waals surface area contributed by atoms with Gasteiger partial charge in [-0.1, -0.05) is 66.2 Å². The summed E-state index contributed by atoms with van der Waals surface area (Å²) in [6, 6.07) is 31.0. The molecular formula is C34H22N2. The quantitative estimate of drug-likeness (QED) is 0.229. The van der Waals surface area contributed by atoms with Crippen LogP contribution >= 0.6 is 0 Å². The Bertz CT molecular complexity index is 2060. The third kappa shape index (κ3) is 2.51. The van der Waals surface area contributed by atoms with E-state index in [4.69, 9.17) is 9.97 Å². The predicted molar refractivity (Wildman–Crippen MR) is 151 cm³/mol. The smallest absolute Gasteiger partial charge is 0.0787 e. The first-order valence-corrected chi connectivity index (χ1v) is 12.4. The first-order valence-electron chi connectivity index (χ1n) is 12.4. The minimum Gasteiger partial charge on any atom is -0.256 e. The molecule has 1 aliphatic carbocycles. The molecule has 7 aromatic rings. The number of hydrogen-bond acceptors (Lipinski definition) is 2. The zero-order chi connectivity index (χ0) is 24.0. The normalized spacial score (nSPS) is 12.2. The van der Waals surface area contributed by atoms with E-state index in [9.17, 15) is 0 Å². The predicted octanol–water partition coefficient (Wildman–Crippen LogP) is 9.02. The molecule has 2 heterocycles. The molecule has 0 atom stereocenters. The molecule has 0 aliphatic heterocycles. The zero-order valence-electron chi connectivity index (χ0n) is 20.1. The summed E-state index contributed by atoms with van der Waals surface area (Å²) in [6.45, 7) is 4.37. The molecule has 0 saturated heterocycles. The number of aromatic nitrogens is 2. The van der Waals surface area contributed by atoms with Crippen molar-refractivity contribution >= 4 is 43.1 Å². The number of fused-ring (bicyclic) bond motifs is 8. The van der Waals surface area contributed by atoms with Gasteiger partial charge in [-0.05, 0) is 86.9 Å². The Morgan fingerprint density at radius 1 is 0.500 bits per heavy atom. The standard InChI is InChI=1S/C34H22N2/c1-19-9-11-23-26(16-19)29(33-22-7-4-3-6-21(22)13-15-36-33)17-28-24-12-10-20(2)31-25-8-5-14-35-34(25)30(32(24)31)18-27(23)28/h3-18H,1-2H3. The fourth-order valence-electron chi connectivity index (χ4n) is 6.25. The van der Waals surface area contributed by atoms with Crippen LogP contribution in [0.1, 0.15) is 11.1 Å². The van der Waals surface area contributed by atoms with E-state index >= 15 is 0 Å². The van der Waals surface area contributed by atoms with Gasteiger partial charge in [0.1, 0.15) is 0 Å². The number of nitrogens with zero attached hydrogens (tertiary/aromatic N) is 2. The highest BCUT2D eigenvalue weighted by Gasteiger charge is 2.26. The molecule has 5 aromatic carbocycles. The van der Waals surface area contributed by atoms with Gasteiger partial charge in [0, 0.05) is 34.5 Å². The average molecular weight is 459 g/mol. The minimum absolute atomic E-state index is 1.04. The van der Waals surface area contributed by atoms with Gasteiger partial charge >= 0.3 is 0 Å². The van der Waals surface area contributed by atoms with Gasteiger partial charge < -0.3 is 0 Å². The number of rotatable bonds is 1. The van der Waals surface area contributed by atoms with Crippen molar-refractivity contribution in [2.45, 2.75) is 13.8 Å². The first-order chi connectivity index (χ1) is 17.7. The highest BCUT2D eigenvalue weighted by molar-refractivity contribution is 6.29. The first kappa shape index (κ1) is 19.7. The van der Waals surface area contributed by atoms with Crippen LogP contribution in [0.15, 0.2) is 97.3 Å². The Balaban J connectivity index is 1.60. The largest absolute Gasteiger partial charge is 0.256 e. The molecule has 0 fully saturated rings.